The summed E-state index contributed by atoms with van der Waals surface area (Å²) in [5.74, 6) is 0.0514. The van der Waals surface area contributed by atoms with Crippen molar-refractivity contribution in [3.8, 4) is 11.1 Å². The maximum absolute atomic E-state index is 11.2. The molecule has 9 rings (SSSR count). The molecule has 2 heteroatoms. The number of hydrogen-bond acceptors (Lipinski definition) is 2. The summed E-state index contributed by atoms with van der Waals surface area (Å²) in [7, 11) is 0. The molecular formula is C39H26O2. The second kappa shape index (κ2) is 8.54. The summed E-state index contributed by atoms with van der Waals surface area (Å²) in [4.78, 5) is 0. The predicted octanol–water partition coefficient (Wildman–Crippen LogP) is 10.2. The maximum atomic E-state index is 11.2. The molecule has 6 aromatic carbocycles. The molecule has 0 amide bonds. The standard InChI is InChI=1S/C39H26O2/c40-32-16-7-9-23-19-20-24-21-22-31(35(24)36(23)32)38-27-12-3-1-10-25(27)37(26-11-2-4-13-28(26)38)30-15-8-18-34-39(30)29-14-5-6-17-33(29)41-34/h1-15,17-22,31-32,40H,16H2. The molecule has 2 aliphatic rings. The average molecular weight is 527 g/mol. The van der Waals surface area contributed by atoms with E-state index in [4.69, 9.17) is 4.42 Å². The summed E-state index contributed by atoms with van der Waals surface area (Å²) < 4.78 is 6.31. The van der Waals surface area contributed by atoms with Crippen LogP contribution >= 0.6 is 0 Å². The summed E-state index contributed by atoms with van der Waals surface area (Å²) in [5, 5.41) is 18.4. The van der Waals surface area contributed by atoms with Gasteiger partial charge in [0.15, 0.2) is 0 Å². The monoisotopic (exact) mass is 526 g/mol. The van der Waals surface area contributed by atoms with Gasteiger partial charge in [0.25, 0.3) is 0 Å². The van der Waals surface area contributed by atoms with Crippen molar-refractivity contribution in [2.75, 3.05) is 0 Å². The highest BCUT2D eigenvalue weighted by Crippen LogP contribution is 2.50. The Balaban J connectivity index is 1.41. The highest BCUT2D eigenvalue weighted by Gasteiger charge is 2.31. The Morgan fingerprint density at radius 3 is 1.95 bits per heavy atom. The van der Waals surface area contributed by atoms with E-state index in [-0.39, 0.29) is 5.92 Å². The lowest BCUT2D eigenvalue weighted by atomic mass is 9.78. The smallest absolute Gasteiger partial charge is 0.136 e. The van der Waals surface area contributed by atoms with Gasteiger partial charge >= 0.3 is 0 Å². The number of furan rings is 1. The van der Waals surface area contributed by atoms with Gasteiger partial charge in [-0.3, -0.25) is 0 Å². The third kappa shape index (κ3) is 3.17. The highest BCUT2D eigenvalue weighted by atomic mass is 16.3. The number of fused-ring (bicyclic) bond motifs is 8. The molecule has 7 aromatic rings. The molecule has 41 heavy (non-hydrogen) atoms. The van der Waals surface area contributed by atoms with Crippen molar-refractivity contribution in [2.24, 2.45) is 0 Å². The number of aliphatic hydroxyl groups excluding tert-OH is 1. The second-order valence-corrected chi connectivity index (χ2v) is 11.2. The number of allylic oxidation sites excluding steroid dienone is 1. The van der Waals surface area contributed by atoms with E-state index in [0.717, 1.165) is 33.1 Å². The van der Waals surface area contributed by atoms with Crippen LogP contribution in [0.25, 0.3) is 66.8 Å². The molecule has 0 saturated heterocycles. The molecule has 2 atom stereocenters. The lowest BCUT2D eigenvalue weighted by Gasteiger charge is -2.26. The molecule has 0 saturated carbocycles. The van der Waals surface area contributed by atoms with Crippen molar-refractivity contribution in [1.29, 1.82) is 0 Å². The fraction of sp³-hybridized carbons (Fsp3) is 0.0769. The topological polar surface area (TPSA) is 33.4 Å². The molecule has 0 aliphatic heterocycles. The molecule has 0 spiro atoms. The third-order valence-electron chi connectivity index (χ3n) is 9.08. The van der Waals surface area contributed by atoms with E-state index in [1.165, 1.54) is 49.4 Å². The van der Waals surface area contributed by atoms with Gasteiger partial charge in [0.05, 0.1) is 6.10 Å². The van der Waals surface area contributed by atoms with E-state index in [1.807, 2.05) is 12.1 Å². The van der Waals surface area contributed by atoms with Crippen LogP contribution in [-0.4, -0.2) is 5.11 Å². The van der Waals surface area contributed by atoms with Crippen molar-refractivity contribution in [3.63, 3.8) is 0 Å². The first-order chi connectivity index (χ1) is 20.3. The molecule has 2 unspecified atom stereocenters. The minimum atomic E-state index is -0.490. The fourth-order valence-corrected chi connectivity index (χ4v) is 7.43. The Bertz CT molecular complexity index is 2210. The van der Waals surface area contributed by atoms with Gasteiger partial charge in [0.2, 0.25) is 0 Å². The number of aliphatic hydroxyl groups is 1. The van der Waals surface area contributed by atoms with Crippen LogP contribution in [0, 0.1) is 0 Å². The largest absolute Gasteiger partial charge is 0.456 e. The van der Waals surface area contributed by atoms with Gasteiger partial charge in [-0.1, -0.05) is 115 Å². The Hall–Kier alpha value is -4.92. The van der Waals surface area contributed by atoms with Crippen LogP contribution in [0.15, 0.2) is 120 Å². The van der Waals surface area contributed by atoms with Gasteiger partial charge < -0.3 is 9.52 Å². The minimum absolute atomic E-state index is 0.0514. The number of rotatable bonds is 2. The van der Waals surface area contributed by atoms with Crippen molar-refractivity contribution >= 4 is 55.6 Å². The molecule has 2 aliphatic carbocycles. The fourth-order valence-electron chi connectivity index (χ4n) is 7.43. The first-order valence-corrected chi connectivity index (χ1v) is 14.3. The molecule has 194 valence electrons. The molecule has 0 bridgehead atoms. The van der Waals surface area contributed by atoms with Crippen molar-refractivity contribution < 1.29 is 9.52 Å². The zero-order valence-corrected chi connectivity index (χ0v) is 22.3. The van der Waals surface area contributed by atoms with Gasteiger partial charge in [-0.05, 0) is 79.0 Å². The lowest BCUT2D eigenvalue weighted by Crippen LogP contribution is -2.11. The Labute approximate surface area is 237 Å². The van der Waals surface area contributed by atoms with Gasteiger partial charge in [-0.25, -0.2) is 0 Å². The average Bonchev–Trinajstić information content (AvgIpc) is 3.62. The van der Waals surface area contributed by atoms with Crippen LogP contribution < -0.4 is 0 Å². The van der Waals surface area contributed by atoms with E-state index in [9.17, 15) is 5.11 Å². The third-order valence-corrected chi connectivity index (χ3v) is 9.08. The quantitative estimate of drug-likeness (QED) is 0.227. The first-order valence-electron chi connectivity index (χ1n) is 14.3. The van der Waals surface area contributed by atoms with Crippen LogP contribution in [0.4, 0.5) is 0 Å². The zero-order valence-electron chi connectivity index (χ0n) is 22.3. The van der Waals surface area contributed by atoms with Crippen molar-refractivity contribution in [1.82, 2.24) is 0 Å². The number of hydrogen-bond donors (Lipinski definition) is 1. The number of para-hydroxylation sites is 1. The van der Waals surface area contributed by atoms with Gasteiger partial charge in [-0.2, -0.15) is 0 Å². The first kappa shape index (κ1) is 22.9. The molecule has 1 N–H and O–H groups in total. The van der Waals surface area contributed by atoms with Crippen LogP contribution in [0.3, 0.4) is 0 Å². The Morgan fingerprint density at radius 1 is 0.561 bits per heavy atom. The summed E-state index contributed by atoms with van der Waals surface area (Å²) in [5.41, 5.74) is 10.2. The summed E-state index contributed by atoms with van der Waals surface area (Å²) >= 11 is 0. The van der Waals surface area contributed by atoms with Crippen LogP contribution in [0.1, 0.15) is 46.3 Å². The molecule has 1 aromatic heterocycles. The molecule has 2 nitrogen and oxygen atoms in total. The maximum Gasteiger partial charge on any atom is 0.136 e. The highest BCUT2D eigenvalue weighted by molar-refractivity contribution is 6.22. The summed E-state index contributed by atoms with van der Waals surface area (Å²) in [6, 6.07) is 36.7. The summed E-state index contributed by atoms with van der Waals surface area (Å²) in [6.45, 7) is 0. The van der Waals surface area contributed by atoms with E-state index in [2.05, 4.69) is 115 Å². The van der Waals surface area contributed by atoms with Crippen LogP contribution in [0.2, 0.25) is 0 Å². The van der Waals surface area contributed by atoms with Gasteiger partial charge in [0.1, 0.15) is 11.2 Å². The lowest BCUT2D eigenvalue weighted by molar-refractivity contribution is 0.179. The van der Waals surface area contributed by atoms with Crippen LogP contribution in [-0.2, 0) is 0 Å². The Morgan fingerprint density at radius 2 is 1.20 bits per heavy atom. The van der Waals surface area contributed by atoms with E-state index >= 15 is 0 Å². The second-order valence-electron chi connectivity index (χ2n) is 11.2. The van der Waals surface area contributed by atoms with Gasteiger partial charge in [0, 0.05) is 16.7 Å². The summed E-state index contributed by atoms with van der Waals surface area (Å²) in [6.07, 6.45) is 8.97. The number of benzene rings is 6. The van der Waals surface area contributed by atoms with Crippen LogP contribution in [0.5, 0.6) is 0 Å². The zero-order chi connectivity index (χ0) is 27.1. The van der Waals surface area contributed by atoms with E-state index in [0.29, 0.717) is 6.42 Å². The van der Waals surface area contributed by atoms with E-state index < -0.39 is 6.10 Å². The van der Waals surface area contributed by atoms with Crippen molar-refractivity contribution in [3.05, 3.63) is 143 Å². The molecule has 0 fully saturated rings. The SMILES string of the molecule is OC1CC=Cc2ccc3c(c21)C(c1c2ccccc2c(-c2cccc4oc5ccccc5c24)c2ccccc12)C=C3. The normalized spacial score (nSPS) is 17.6. The molecular weight excluding hydrogens is 500 g/mol. The van der Waals surface area contributed by atoms with Gasteiger partial charge in [-0.15, -0.1) is 0 Å². The minimum Gasteiger partial charge on any atom is -0.456 e. The molecule has 0 radical (unpaired) electrons. The van der Waals surface area contributed by atoms with E-state index in [1.54, 1.807) is 0 Å². The Kier molecular flexibility index (Phi) is 4.76. The molecule has 1 heterocycles. The van der Waals surface area contributed by atoms with Crippen molar-refractivity contribution in [2.45, 2.75) is 18.4 Å². The predicted molar refractivity (Wildman–Crippen MR) is 170 cm³/mol.